The van der Waals surface area contributed by atoms with Crippen LogP contribution in [0, 0.1) is 0 Å². The number of methoxy groups -OCH3 is 1. The summed E-state index contributed by atoms with van der Waals surface area (Å²) in [5.41, 5.74) is 2.63. The lowest BCUT2D eigenvalue weighted by molar-refractivity contribution is -0.0522. The molecule has 0 amide bonds. The van der Waals surface area contributed by atoms with Crippen LogP contribution >= 0.6 is 0 Å². The number of hydrogen-bond acceptors (Lipinski definition) is 6. The minimum atomic E-state index is -0.401. The first-order valence-electron chi connectivity index (χ1n) is 10.1. The Bertz CT molecular complexity index is 725. The lowest BCUT2D eigenvalue weighted by Gasteiger charge is -2.50. The highest BCUT2D eigenvalue weighted by molar-refractivity contribution is 5.54. The molecule has 27 heavy (non-hydrogen) atoms. The molecule has 6 nitrogen and oxygen atoms in total. The summed E-state index contributed by atoms with van der Waals surface area (Å²) in [5.74, 6) is 1.71. The van der Waals surface area contributed by atoms with Crippen molar-refractivity contribution in [3.05, 3.63) is 23.3 Å². The van der Waals surface area contributed by atoms with Crippen molar-refractivity contribution in [2.24, 2.45) is 0 Å². The summed E-state index contributed by atoms with van der Waals surface area (Å²) >= 11 is 0. The van der Waals surface area contributed by atoms with E-state index in [2.05, 4.69) is 17.0 Å². The van der Waals surface area contributed by atoms with Crippen molar-refractivity contribution in [1.29, 1.82) is 0 Å². The van der Waals surface area contributed by atoms with Crippen molar-refractivity contribution >= 4 is 0 Å². The van der Waals surface area contributed by atoms with E-state index in [1.165, 1.54) is 11.1 Å². The maximum absolute atomic E-state index is 10.1. The molecule has 148 valence electrons. The molecule has 1 aromatic carbocycles. The maximum Gasteiger partial charge on any atom is 0.231 e. The van der Waals surface area contributed by atoms with E-state index in [1.54, 1.807) is 0 Å². The van der Waals surface area contributed by atoms with Crippen molar-refractivity contribution in [2.45, 2.75) is 68.9 Å². The Morgan fingerprint density at radius 2 is 2.15 bits per heavy atom. The molecular weight excluding hydrogens is 346 g/mol. The fraction of sp³-hybridized carbons (Fsp3) is 0.714. The van der Waals surface area contributed by atoms with Crippen LogP contribution in [0.2, 0.25) is 0 Å². The van der Waals surface area contributed by atoms with Crippen LogP contribution in [-0.2, 0) is 21.4 Å². The molecule has 1 N–H and O–H groups in total. The first kappa shape index (κ1) is 17.7. The molecule has 1 saturated heterocycles. The number of ether oxygens (including phenoxy) is 4. The topological polar surface area (TPSA) is 60.4 Å². The molecule has 0 radical (unpaired) electrons. The second kappa shape index (κ2) is 6.62. The fourth-order valence-corrected chi connectivity index (χ4v) is 5.69. The predicted octanol–water partition coefficient (Wildman–Crippen LogP) is 2.21. The van der Waals surface area contributed by atoms with Crippen molar-refractivity contribution in [1.82, 2.24) is 4.90 Å². The third-order valence-electron chi connectivity index (χ3n) is 7.14. The lowest BCUT2D eigenvalue weighted by Crippen LogP contribution is -2.55. The number of aliphatic hydroxyl groups excluding tert-OH is 1. The van der Waals surface area contributed by atoms with E-state index in [4.69, 9.17) is 18.9 Å². The average Bonchev–Trinajstić information content (AvgIpc) is 3.24. The van der Waals surface area contributed by atoms with Crippen molar-refractivity contribution in [3.8, 4) is 11.5 Å². The minimum absolute atomic E-state index is 0.0585. The molecule has 1 unspecified atom stereocenters. The van der Waals surface area contributed by atoms with E-state index in [-0.39, 0.29) is 11.5 Å². The summed E-state index contributed by atoms with van der Waals surface area (Å²) < 4.78 is 23.4. The minimum Gasteiger partial charge on any atom is -0.454 e. The van der Waals surface area contributed by atoms with Crippen LogP contribution in [0.1, 0.15) is 43.7 Å². The van der Waals surface area contributed by atoms with Crippen LogP contribution in [0.25, 0.3) is 0 Å². The van der Waals surface area contributed by atoms with Gasteiger partial charge in [0, 0.05) is 31.7 Å². The van der Waals surface area contributed by atoms with Crippen LogP contribution in [0.15, 0.2) is 12.1 Å². The second-order valence-corrected chi connectivity index (χ2v) is 8.36. The van der Waals surface area contributed by atoms with Crippen LogP contribution in [0.5, 0.6) is 11.5 Å². The van der Waals surface area contributed by atoms with Crippen molar-refractivity contribution in [3.63, 3.8) is 0 Å². The summed E-state index contributed by atoms with van der Waals surface area (Å²) in [6, 6.07) is 4.77. The molecule has 0 spiro atoms. The number of benzene rings is 1. The Morgan fingerprint density at radius 1 is 1.33 bits per heavy atom. The molecule has 3 aliphatic heterocycles. The number of hydrogen-bond donors (Lipinski definition) is 1. The average molecular weight is 375 g/mol. The Hall–Kier alpha value is -1.34. The third-order valence-corrected chi connectivity index (χ3v) is 7.14. The zero-order valence-corrected chi connectivity index (χ0v) is 16.1. The molecule has 5 rings (SSSR count). The highest BCUT2D eigenvalue weighted by Gasteiger charge is 2.61. The molecular formula is C21H29NO5. The van der Waals surface area contributed by atoms with Crippen LogP contribution < -0.4 is 9.47 Å². The highest BCUT2D eigenvalue weighted by Crippen LogP contribution is 2.56. The second-order valence-electron chi connectivity index (χ2n) is 8.36. The van der Waals surface area contributed by atoms with Crippen LogP contribution in [0.3, 0.4) is 0 Å². The Kier molecular flexibility index (Phi) is 4.35. The van der Waals surface area contributed by atoms with E-state index in [0.29, 0.717) is 32.0 Å². The van der Waals surface area contributed by atoms with Gasteiger partial charge in [-0.1, -0.05) is 6.92 Å². The van der Waals surface area contributed by atoms with Gasteiger partial charge >= 0.3 is 0 Å². The van der Waals surface area contributed by atoms with Gasteiger partial charge in [-0.2, -0.15) is 0 Å². The maximum atomic E-state index is 10.1. The Morgan fingerprint density at radius 3 is 2.93 bits per heavy atom. The number of aliphatic hydroxyl groups is 1. The predicted molar refractivity (Wildman–Crippen MR) is 99.1 cm³/mol. The first-order valence-corrected chi connectivity index (χ1v) is 10.1. The molecule has 0 aromatic heterocycles. The molecule has 4 aliphatic rings. The highest BCUT2D eigenvalue weighted by atomic mass is 16.7. The summed E-state index contributed by atoms with van der Waals surface area (Å²) in [4.78, 5) is 2.55. The zero-order valence-electron chi connectivity index (χ0n) is 16.1. The third kappa shape index (κ3) is 2.61. The lowest BCUT2D eigenvalue weighted by atomic mass is 9.62. The summed E-state index contributed by atoms with van der Waals surface area (Å²) in [6.45, 7) is 4.50. The van der Waals surface area contributed by atoms with Gasteiger partial charge in [0.2, 0.25) is 6.79 Å². The monoisotopic (exact) mass is 375 g/mol. The fourth-order valence-electron chi connectivity index (χ4n) is 5.69. The van der Waals surface area contributed by atoms with Gasteiger partial charge in [-0.15, -0.1) is 0 Å². The van der Waals surface area contributed by atoms with Gasteiger partial charge in [-0.05, 0) is 48.9 Å². The van der Waals surface area contributed by atoms with Crippen molar-refractivity contribution < 1.29 is 24.1 Å². The quantitative estimate of drug-likeness (QED) is 0.852. The number of fused-ring (bicyclic) bond motifs is 2. The first-order chi connectivity index (χ1) is 13.2. The molecule has 1 aromatic rings. The number of rotatable bonds is 5. The molecule has 6 atom stereocenters. The SMILES string of the molecule is CC[C@@H](O)CO[C@H]1CN2Cc3cc4c(cc3[C@@]13CC[C@@H](OC)C[C@@H]23)OCO4. The van der Waals surface area contributed by atoms with Gasteiger partial charge in [0.25, 0.3) is 0 Å². The Balaban J connectivity index is 1.55. The van der Waals surface area contributed by atoms with Gasteiger partial charge in [-0.3, -0.25) is 4.90 Å². The normalized spacial score (nSPS) is 37.0. The smallest absolute Gasteiger partial charge is 0.231 e. The van der Waals surface area contributed by atoms with Crippen LogP contribution in [0.4, 0.5) is 0 Å². The molecule has 2 bridgehead atoms. The molecule has 2 fully saturated rings. The molecule has 3 heterocycles. The summed E-state index contributed by atoms with van der Waals surface area (Å²) in [5, 5.41) is 10.1. The Labute approximate surface area is 160 Å². The summed E-state index contributed by atoms with van der Waals surface area (Å²) in [7, 11) is 1.82. The van der Waals surface area contributed by atoms with Crippen molar-refractivity contribution in [2.75, 3.05) is 27.1 Å². The standard InChI is InChI=1S/C21H29NO5/c1-3-14(23)11-25-20-10-22-9-13-6-17-18(27-12-26-17)8-16(13)21(20)5-4-15(24-2)7-19(21)22/h6,8,14-15,19-20,23H,3-5,7,9-12H2,1-2H3/t14-,15-,19-,20+,21-/m1/s1. The number of nitrogens with zero attached hydrogens (tertiary/aromatic N) is 1. The van der Waals surface area contributed by atoms with E-state index in [1.807, 2.05) is 14.0 Å². The largest absolute Gasteiger partial charge is 0.454 e. The van der Waals surface area contributed by atoms with E-state index in [9.17, 15) is 5.11 Å². The molecule has 1 aliphatic carbocycles. The van der Waals surface area contributed by atoms with Crippen LogP contribution in [-0.4, -0.2) is 61.4 Å². The van der Waals surface area contributed by atoms with E-state index >= 15 is 0 Å². The summed E-state index contributed by atoms with van der Waals surface area (Å²) in [6.07, 6.45) is 3.80. The van der Waals surface area contributed by atoms with Gasteiger partial charge in [0.1, 0.15) is 0 Å². The van der Waals surface area contributed by atoms with Gasteiger partial charge in [0.05, 0.1) is 24.9 Å². The molecule has 1 saturated carbocycles. The zero-order chi connectivity index (χ0) is 18.6. The van der Waals surface area contributed by atoms with Gasteiger partial charge in [0.15, 0.2) is 11.5 Å². The van der Waals surface area contributed by atoms with E-state index < -0.39 is 6.10 Å². The molecule has 6 heteroatoms. The van der Waals surface area contributed by atoms with Gasteiger partial charge in [-0.25, -0.2) is 0 Å². The van der Waals surface area contributed by atoms with E-state index in [0.717, 1.165) is 43.9 Å². The van der Waals surface area contributed by atoms with Gasteiger partial charge < -0.3 is 24.1 Å².